The standard InChI is InChI=1S/C12H11Cl2NO3/c1-2-17-12(16)10-11(18-6-15-10)9-7(13)4-3-5-8(9)14/h3-6,10-11H,2H2,1H3. The molecule has 6 heteroatoms. The molecule has 0 aromatic heterocycles. The van der Waals surface area contributed by atoms with Crippen molar-refractivity contribution >= 4 is 35.6 Å². The van der Waals surface area contributed by atoms with Gasteiger partial charge in [-0.15, -0.1) is 0 Å². The van der Waals surface area contributed by atoms with E-state index in [0.717, 1.165) is 0 Å². The topological polar surface area (TPSA) is 47.9 Å². The molecule has 2 unspecified atom stereocenters. The van der Waals surface area contributed by atoms with Crippen LogP contribution in [0.15, 0.2) is 23.2 Å². The van der Waals surface area contributed by atoms with E-state index in [1.54, 1.807) is 25.1 Å². The van der Waals surface area contributed by atoms with E-state index in [1.165, 1.54) is 6.40 Å². The summed E-state index contributed by atoms with van der Waals surface area (Å²) >= 11 is 12.2. The molecular formula is C12H11Cl2NO3. The molecule has 18 heavy (non-hydrogen) atoms. The summed E-state index contributed by atoms with van der Waals surface area (Å²) in [4.78, 5) is 15.7. The summed E-state index contributed by atoms with van der Waals surface area (Å²) in [7, 11) is 0. The lowest BCUT2D eigenvalue weighted by Gasteiger charge is -2.18. The van der Waals surface area contributed by atoms with Crippen molar-refractivity contribution in [3.8, 4) is 0 Å². The van der Waals surface area contributed by atoms with Crippen molar-refractivity contribution in [3.05, 3.63) is 33.8 Å². The van der Waals surface area contributed by atoms with E-state index in [1.807, 2.05) is 0 Å². The Bertz CT molecular complexity index is 470. The van der Waals surface area contributed by atoms with Gasteiger partial charge in [0.1, 0.15) is 0 Å². The lowest BCUT2D eigenvalue weighted by Crippen LogP contribution is -2.26. The van der Waals surface area contributed by atoms with Gasteiger partial charge in [0, 0.05) is 15.6 Å². The molecule has 1 aliphatic heterocycles. The second kappa shape index (κ2) is 5.59. The third-order valence-corrected chi connectivity index (χ3v) is 3.19. The van der Waals surface area contributed by atoms with Crippen molar-refractivity contribution in [2.75, 3.05) is 6.61 Å². The zero-order valence-corrected chi connectivity index (χ0v) is 11.1. The van der Waals surface area contributed by atoms with Gasteiger partial charge in [-0.1, -0.05) is 29.3 Å². The second-order valence-electron chi connectivity index (χ2n) is 3.64. The van der Waals surface area contributed by atoms with Gasteiger partial charge in [0.15, 0.2) is 18.5 Å². The van der Waals surface area contributed by atoms with Gasteiger partial charge < -0.3 is 9.47 Å². The molecule has 1 aromatic carbocycles. The first-order valence-corrected chi connectivity index (χ1v) is 6.18. The molecule has 0 spiro atoms. The SMILES string of the molecule is CCOC(=O)C1N=COC1c1c(Cl)cccc1Cl. The molecule has 0 N–H and O–H groups in total. The largest absolute Gasteiger partial charge is 0.473 e. The Kier molecular flexibility index (Phi) is 4.09. The third kappa shape index (κ3) is 2.44. The fourth-order valence-electron chi connectivity index (χ4n) is 1.74. The highest BCUT2D eigenvalue weighted by Crippen LogP contribution is 2.37. The van der Waals surface area contributed by atoms with Crippen molar-refractivity contribution in [1.29, 1.82) is 0 Å². The second-order valence-corrected chi connectivity index (χ2v) is 4.46. The number of hydrogen-bond acceptors (Lipinski definition) is 4. The normalized spacial score (nSPS) is 21.7. The van der Waals surface area contributed by atoms with E-state index in [4.69, 9.17) is 32.7 Å². The number of ether oxygens (including phenoxy) is 2. The number of carbonyl (C=O) groups is 1. The first-order valence-electron chi connectivity index (χ1n) is 5.42. The van der Waals surface area contributed by atoms with Crippen LogP contribution in [-0.2, 0) is 14.3 Å². The van der Waals surface area contributed by atoms with Crippen LogP contribution < -0.4 is 0 Å². The fourth-order valence-corrected chi connectivity index (χ4v) is 2.35. The molecule has 0 saturated heterocycles. The maximum Gasteiger partial charge on any atom is 0.335 e. The lowest BCUT2D eigenvalue weighted by molar-refractivity contribution is -0.146. The molecule has 1 aromatic rings. The number of hydrogen-bond donors (Lipinski definition) is 0. The summed E-state index contributed by atoms with van der Waals surface area (Å²) in [6, 6.07) is 4.34. The average Bonchev–Trinajstić information content (AvgIpc) is 2.78. The minimum Gasteiger partial charge on any atom is -0.473 e. The van der Waals surface area contributed by atoms with Gasteiger partial charge in [-0.3, -0.25) is 0 Å². The first-order chi connectivity index (χ1) is 8.65. The summed E-state index contributed by atoms with van der Waals surface area (Å²) in [6.07, 6.45) is 0.594. The van der Waals surface area contributed by atoms with Gasteiger partial charge >= 0.3 is 5.97 Å². The summed E-state index contributed by atoms with van der Waals surface area (Å²) in [6.45, 7) is 2.02. The van der Waals surface area contributed by atoms with E-state index in [2.05, 4.69) is 4.99 Å². The van der Waals surface area contributed by atoms with Gasteiger partial charge in [-0.2, -0.15) is 0 Å². The van der Waals surface area contributed by atoms with Crippen molar-refractivity contribution in [1.82, 2.24) is 0 Å². The molecule has 2 atom stereocenters. The van der Waals surface area contributed by atoms with E-state index in [0.29, 0.717) is 15.6 Å². The Morgan fingerprint density at radius 2 is 2.11 bits per heavy atom. The number of benzene rings is 1. The van der Waals surface area contributed by atoms with Crippen LogP contribution in [0.4, 0.5) is 0 Å². The van der Waals surface area contributed by atoms with Crippen LogP contribution in [0.2, 0.25) is 10.0 Å². The van der Waals surface area contributed by atoms with Gasteiger partial charge in [-0.25, -0.2) is 9.79 Å². The van der Waals surface area contributed by atoms with Crippen LogP contribution in [0.5, 0.6) is 0 Å². The predicted octanol–water partition coefficient (Wildman–Crippen LogP) is 3.02. The predicted molar refractivity (Wildman–Crippen MR) is 69.2 cm³/mol. The molecule has 0 bridgehead atoms. The Hall–Kier alpha value is -1.26. The lowest BCUT2D eigenvalue weighted by atomic mass is 10.0. The molecule has 1 heterocycles. The number of rotatable bonds is 3. The van der Waals surface area contributed by atoms with Crippen LogP contribution >= 0.6 is 23.2 Å². The molecule has 0 fully saturated rings. The number of carbonyl (C=O) groups excluding carboxylic acids is 1. The van der Waals surface area contributed by atoms with Crippen molar-refractivity contribution in [3.63, 3.8) is 0 Å². The molecule has 0 saturated carbocycles. The molecular weight excluding hydrogens is 277 g/mol. The summed E-state index contributed by atoms with van der Waals surface area (Å²) in [5, 5.41) is 0.875. The minimum absolute atomic E-state index is 0.286. The van der Waals surface area contributed by atoms with E-state index >= 15 is 0 Å². The molecule has 4 nitrogen and oxygen atoms in total. The van der Waals surface area contributed by atoms with Crippen LogP contribution in [0.3, 0.4) is 0 Å². The van der Waals surface area contributed by atoms with E-state index < -0.39 is 18.1 Å². The highest BCUT2D eigenvalue weighted by atomic mass is 35.5. The van der Waals surface area contributed by atoms with Gasteiger partial charge in [-0.05, 0) is 19.1 Å². The molecule has 2 rings (SSSR count). The smallest absolute Gasteiger partial charge is 0.335 e. The zero-order chi connectivity index (χ0) is 13.1. The number of nitrogens with zero attached hydrogens (tertiary/aromatic N) is 1. The van der Waals surface area contributed by atoms with Crippen LogP contribution in [0, 0.1) is 0 Å². The summed E-state index contributed by atoms with van der Waals surface area (Å²) in [5.74, 6) is -0.452. The van der Waals surface area contributed by atoms with Crippen molar-refractivity contribution < 1.29 is 14.3 Å². The molecule has 0 radical (unpaired) electrons. The summed E-state index contributed by atoms with van der Waals surface area (Å²) in [5.41, 5.74) is 0.552. The Labute approximate surface area is 115 Å². The van der Waals surface area contributed by atoms with Crippen LogP contribution in [0.25, 0.3) is 0 Å². The Morgan fingerprint density at radius 3 is 2.72 bits per heavy atom. The van der Waals surface area contributed by atoms with Gasteiger partial charge in [0.05, 0.1) is 6.61 Å². The maximum atomic E-state index is 11.7. The zero-order valence-electron chi connectivity index (χ0n) is 9.60. The van der Waals surface area contributed by atoms with E-state index in [9.17, 15) is 4.79 Å². The monoisotopic (exact) mass is 287 g/mol. The summed E-state index contributed by atoms with van der Waals surface area (Å²) < 4.78 is 10.3. The highest BCUT2D eigenvalue weighted by Gasteiger charge is 2.37. The number of halogens is 2. The highest BCUT2D eigenvalue weighted by molar-refractivity contribution is 6.36. The average molecular weight is 288 g/mol. The number of esters is 1. The molecule has 1 aliphatic rings. The molecule has 0 amide bonds. The molecule has 0 aliphatic carbocycles. The van der Waals surface area contributed by atoms with Crippen molar-refractivity contribution in [2.45, 2.75) is 19.1 Å². The van der Waals surface area contributed by atoms with Crippen LogP contribution in [0.1, 0.15) is 18.6 Å². The van der Waals surface area contributed by atoms with Gasteiger partial charge in [0.2, 0.25) is 0 Å². The Morgan fingerprint density at radius 1 is 1.44 bits per heavy atom. The molecule has 96 valence electrons. The number of aliphatic imine (C=N–C) groups is 1. The van der Waals surface area contributed by atoms with E-state index in [-0.39, 0.29) is 6.61 Å². The van der Waals surface area contributed by atoms with Crippen LogP contribution in [-0.4, -0.2) is 25.0 Å². The fraction of sp³-hybridized carbons (Fsp3) is 0.333. The first kappa shape index (κ1) is 13.2. The minimum atomic E-state index is -0.762. The van der Waals surface area contributed by atoms with Crippen molar-refractivity contribution in [2.24, 2.45) is 4.99 Å². The Balaban J connectivity index is 2.30. The third-order valence-electron chi connectivity index (χ3n) is 2.53. The van der Waals surface area contributed by atoms with Gasteiger partial charge in [0.25, 0.3) is 0 Å². The maximum absolute atomic E-state index is 11.7. The quantitative estimate of drug-likeness (QED) is 0.803.